The van der Waals surface area contributed by atoms with Crippen molar-refractivity contribution in [3.63, 3.8) is 0 Å². The maximum absolute atomic E-state index is 0. The van der Waals surface area contributed by atoms with Crippen LogP contribution in [0.25, 0.3) is 0 Å². The molecule has 0 radical (unpaired) electrons. The van der Waals surface area contributed by atoms with Crippen molar-refractivity contribution in [2.24, 2.45) is 0 Å². The average molecular weight is 135 g/mol. The van der Waals surface area contributed by atoms with Crippen LogP contribution in [0.3, 0.4) is 0 Å². The van der Waals surface area contributed by atoms with Crippen LogP contribution in [-0.4, -0.2) is 5.48 Å². The summed E-state index contributed by atoms with van der Waals surface area (Å²) >= 11 is 0. The second kappa shape index (κ2) is 15.7. The normalized spacial score (nSPS) is 0. The summed E-state index contributed by atoms with van der Waals surface area (Å²) in [5.74, 6) is 0. The van der Waals surface area contributed by atoms with Gasteiger partial charge in [-0.05, 0) is 0 Å². The third-order valence-corrected chi connectivity index (χ3v) is 0. The van der Waals surface area contributed by atoms with Crippen LogP contribution in [0.15, 0.2) is 0 Å². The van der Waals surface area contributed by atoms with Crippen LogP contribution in [0.5, 0.6) is 0 Å². The Balaban J connectivity index is 0. The molecule has 0 aromatic rings. The van der Waals surface area contributed by atoms with Gasteiger partial charge in [-0.2, -0.15) is 0 Å². The molecule has 0 saturated carbocycles. The first-order chi connectivity index (χ1) is 0. The van der Waals surface area contributed by atoms with Crippen LogP contribution in [0, 0.1) is 0 Å². The largest absolute Gasteiger partial charge is 1.00 e. The molecule has 8 valence electrons. The summed E-state index contributed by atoms with van der Waals surface area (Å²) in [6.45, 7) is 0. The van der Waals surface area contributed by atoms with Gasteiger partial charge in [0.25, 0.3) is 0 Å². The SMILES string of the molecule is O.[K+].[K+].[K+]. The molecule has 0 bridgehead atoms. The predicted molar refractivity (Wildman–Crippen MR) is 3.61 cm³/mol. The molecule has 0 saturated heterocycles. The third-order valence-electron chi connectivity index (χ3n) is 0. The van der Waals surface area contributed by atoms with Gasteiger partial charge in [0.05, 0.1) is 0 Å². The molecule has 0 heterocycles. The van der Waals surface area contributed by atoms with E-state index in [1.54, 1.807) is 0 Å². The van der Waals surface area contributed by atoms with Crippen molar-refractivity contribution in [1.29, 1.82) is 0 Å². The number of hydrogen-bond acceptors (Lipinski definition) is 0. The summed E-state index contributed by atoms with van der Waals surface area (Å²) in [7, 11) is 0. The number of hydrogen-bond donors (Lipinski definition) is 0. The second-order valence-corrected chi connectivity index (χ2v) is 0. The zero-order chi connectivity index (χ0) is 0. The van der Waals surface area contributed by atoms with E-state index < -0.39 is 0 Å². The summed E-state index contributed by atoms with van der Waals surface area (Å²) in [5.41, 5.74) is 0. The van der Waals surface area contributed by atoms with Crippen molar-refractivity contribution in [1.82, 2.24) is 0 Å². The van der Waals surface area contributed by atoms with E-state index in [2.05, 4.69) is 0 Å². The van der Waals surface area contributed by atoms with Gasteiger partial charge < -0.3 is 5.48 Å². The molecule has 0 fully saturated rings. The fraction of sp³-hybridized carbons (Fsp3) is 0. The van der Waals surface area contributed by atoms with Gasteiger partial charge in [-0.25, -0.2) is 0 Å². The van der Waals surface area contributed by atoms with Gasteiger partial charge in [0.2, 0.25) is 0 Å². The first-order valence-electron chi connectivity index (χ1n) is 0. The van der Waals surface area contributed by atoms with Crippen molar-refractivity contribution in [3.8, 4) is 0 Å². The van der Waals surface area contributed by atoms with E-state index in [0.29, 0.717) is 0 Å². The minimum Gasteiger partial charge on any atom is -0.412 e. The molecule has 4 heteroatoms. The topological polar surface area (TPSA) is 31.5 Å². The fourth-order valence-corrected chi connectivity index (χ4v) is 0. The van der Waals surface area contributed by atoms with Crippen molar-refractivity contribution in [3.05, 3.63) is 0 Å². The van der Waals surface area contributed by atoms with E-state index in [1.807, 2.05) is 0 Å². The Bertz CT molecular complexity index is 3.25. The zero-order valence-electron chi connectivity index (χ0n) is 3.50. The predicted octanol–water partition coefficient (Wildman–Crippen LogP) is -9.81. The van der Waals surface area contributed by atoms with E-state index in [9.17, 15) is 0 Å². The molecular formula is H2K3O+3. The molecule has 4 heavy (non-hydrogen) atoms. The smallest absolute Gasteiger partial charge is 0.412 e. The van der Waals surface area contributed by atoms with E-state index in [-0.39, 0.29) is 160 Å². The van der Waals surface area contributed by atoms with Gasteiger partial charge >= 0.3 is 154 Å². The molecule has 0 aliphatic carbocycles. The first kappa shape index (κ1) is 23.2. The van der Waals surface area contributed by atoms with E-state index in [0.717, 1.165) is 0 Å². The minimum absolute atomic E-state index is 0. The first-order valence-corrected chi connectivity index (χ1v) is 0. The molecule has 0 aromatic carbocycles. The van der Waals surface area contributed by atoms with Crippen LogP contribution in [-0.2, 0) is 0 Å². The van der Waals surface area contributed by atoms with E-state index in [4.69, 9.17) is 0 Å². The Hall–Kier alpha value is 4.87. The summed E-state index contributed by atoms with van der Waals surface area (Å²) in [6.07, 6.45) is 0. The van der Waals surface area contributed by atoms with Crippen molar-refractivity contribution in [2.75, 3.05) is 0 Å². The molecule has 2 N–H and O–H groups in total. The molecular weight excluding hydrogens is 133 g/mol. The molecule has 0 amide bonds. The Morgan fingerprint density at radius 3 is 0.500 bits per heavy atom. The van der Waals surface area contributed by atoms with Gasteiger partial charge in [-0.15, -0.1) is 0 Å². The van der Waals surface area contributed by atoms with Gasteiger partial charge in [-0.3, -0.25) is 0 Å². The van der Waals surface area contributed by atoms with Crippen LogP contribution < -0.4 is 154 Å². The van der Waals surface area contributed by atoms with E-state index in [1.165, 1.54) is 0 Å². The summed E-state index contributed by atoms with van der Waals surface area (Å²) < 4.78 is 0. The molecule has 0 rings (SSSR count). The summed E-state index contributed by atoms with van der Waals surface area (Å²) in [4.78, 5) is 0. The maximum Gasteiger partial charge on any atom is 1.00 e. The monoisotopic (exact) mass is 135 g/mol. The second-order valence-electron chi connectivity index (χ2n) is 0. The summed E-state index contributed by atoms with van der Waals surface area (Å²) in [6, 6.07) is 0. The quantitative estimate of drug-likeness (QED) is 0.296. The standard InChI is InChI=1S/3K.H2O/h;;;1H2/q3*+1;. The Kier molecular flexibility index (Phi) is 90.7. The van der Waals surface area contributed by atoms with Gasteiger partial charge in [0.1, 0.15) is 0 Å². The van der Waals surface area contributed by atoms with E-state index >= 15 is 0 Å². The molecule has 0 spiro atoms. The third kappa shape index (κ3) is 9.98. The fourth-order valence-electron chi connectivity index (χ4n) is 0. The molecule has 1 nitrogen and oxygen atoms in total. The van der Waals surface area contributed by atoms with Crippen molar-refractivity contribution in [2.45, 2.75) is 0 Å². The number of rotatable bonds is 0. The Morgan fingerprint density at radius 2 is 0.500 bits per heavy atom. The van der Waals surface area contributed by atoms with Crippen LogP contribution >= 0.6 is 0 Å². The molecule has 0 aliphatic heterocycles. The Labute approximate surface area is 154 Å². The summed E-state index contributed by atoms with van der Waals surface area (Å²) in [5, 5.41) is 0. The van der Waals surface area contributed by atoms with Crippen LogP contribution in [0.1, 0.15) is 0 Å². The molecule has 0 atom stereocenters. The molecule has 0 aliphatic rings. The van der Waals surface area contributed by atoms with Crippen molar-refractivity contribution < 1.29 is 160 Å². The minimum atomic E-state index is 0. The Morgan fingerprint density at radius 1 is 0.500 bits per heavy atom. The van der Waals surface area contributed by atoms with Gasteiger partial charge in [0.15, 0.2) is 0 Å². The van der Waals surface area contributed by atoms with Crippen LogP contribution in [0.4, 0.5) is 0 Å². The van der Waals surface area contributed by atoms with Gasteiger partial charge in [-0.1, -0.05) is 0 Å². The zero-order valence-corrected chi connectivity index (χ0v) is 12.9. The average Bonchev–Trinajstić information content (AvgIpc) is 0. The molecule has 0 unspecified atom stereocenters. The van der Waals surface area contributed by atoms with Crippen molar-refractivity contribution >= 4 is 0 Å². The van der Waals surface area contributed by atoms with Crippen LogP contribution in [0.2, 0.25) is 0 Å². The maximum atomic E-state index is 0. The molecule has 0 aromatic heterocycles. The van der Waals surface area contributed by atoms with Gasteiger partial charge in [0, 0.05) is 0 Å².